The third-order valence-electron chi connectivity index (χ3n) is 4.52. The van der Waals surface area contributed by atoms with Crippen molar-refractivity contribution in [1.82, 2.24) is 4.57 Å². The molecular formula is C17H19F3N2O3S. The first-order valence-electron chi connectivity index (χ1n) is 8.23. The molecule has 0 bridgehead atoms. The Morgan fingerprint density at radius 3 is 2.38 bits per heavy atom. The van der Waals surface area contributed by atoms with Gasteiger partial charge in [0.25, 0.3) is 0 Å². The Balaban J connectivity index is 2.01. The first kappa shape index (κ1) is 18.8. The van der Waals surface area contributed by atoms with E-state index < -0.39 is 33.1 Å². The Hall–Kier alpha value is -2.00. The van der Waals surface area contributed by atoms with Crippen molar-refractivity contribution in [2.24, 2.45) is 0 Å². The largest absolute Gasteiger partial charge is 0.416 e. The van der Waals surface area contributed by atoms with Crippen LogP contribution in [0.3, 0.4) is 0 Å². The molecule has 3 rings (SSSR count). The van der Waals surface area contributed by atoms with Gasteiger partial charge in [0.1, 0.15) is 5.25 Å². The number of anilines is 1. The van der Waals surface area contributed by atoms with Crippen LogP contribution in [0.1, 0.15) is 31.2 Å². The van der Waals surface area contributed by atoms with Crippen LogP contribution < -0.4 is 4.72 Å². The average molecular weight is 388 g/mol. The van der Waals surface area contributed by atoms with Gasteiger partial charge in [0, 0.05) is 12.4 Å². The molecule has 1 heterocycles. The maximum Gasteiger partial charge on any atom is 0.416 e. The Morgan fingerprint density at radius 2 is 1.77 bits per heavy atom. The van der Waals surface area contributed by atoms with Gasteiger partial charge in [-0.1, -0.05) is 12.8 Å². The van der Waals surface area contributed by atoms with Crippen LogP contribution in [0.25, 0.3) is 5.69 Å². The predicted molar refractivity (Wildman–Crippen MR) is 91.6 cm³/mol. The van der Waals surface area contributed by atoms with Gasteiger partial charge in [0.2, 0.25) is 10.0 Å². The first-order valence-corrected chi connectivity index (χ1v) is 9.77. The summed E-state index contributed by atoms with van der Waals surface area (Å²) in [4.78, 5) is 0. The molecule has 26 heavy (non-hydrogen) atoms. The number of alkyl halides is 3. The lowest BCUT2D eigenvalue weighted by atomic mass is 9.97. The van der Waals surface area contributed by atoms with Crippen molar-refractivity contribution in [3.8, 4) is 5.69 Å². The molecule has 9 heteroatoms. The summed E-state index contributed by atoms with van der Waals surface area (Å²) in [5.41, 5.74) is -0.846. The Labute approximate surface area is 149 Å². The van der Waals surface area contributed by atoms with E-state index in [-0.39, 0.29) is 17.8 Å². The summed E-state index contributed by atoms with van der Waals surface area (Å²) < 4.78 is 68.4. The van der Waals surface area contributed by atoms with Gasteiger partial charge in [-0.05, 0) is 43.2 Å². The lowest BCUT2D eigenvalue weighted by Gasteiger charge is -2.28. The van der Waals surface area contributed by atoms with Crippen LogP contribution in [-0.2, 0) is 16.2 Å². The fourth-order valence-electron chi connectivity index (χ4n) is 3.18. The van der Waals surface area contributed by atoms with E-state index in [0.717, 1.165) is 18.6 Å². The summed E-state index contributed by atoms with van der Waals surface area (Å²) in [6, 6.07) is 6.27. The van der Waals surface area contributed by atoms with Crippen molar-refractivity contribution in [2.45, 2.75) is 43.2 Å². The van der Waals surface area contributed by atoms with Crippen LogP contribution in [0.5, 0.6) is 0 Å². The second-order valence-electron chi connectivity index (χ2n) is 6.36. The zero-order valence-corrected chi connectivity index (χ0v) is 14.6. The fraction of sp³-hybridized carbons (Fsp3) is 0.412. The first-order chi connectivity index (χ1) is 12.2. The second kappa shape index (κ2) is 6.96. The molecule has 1 aliphatic carbocycles. The molecule has 1 aromatic heterocycles. The number of aromatic nitrogens is 1. The highest BCUT2D eigenvalue weighted by molar-refractivity contribution is 7.93. The number of nitrogens with one attached hydrogen (secondary N) is 1. The summed E-state index contributed by atoms with van der Waals surface area (Å²) >= 11 is 0. The minimum Gasteiger partial charge on any atom is -0.392 e. The molecule has 0 spiro atoms. The van der Waals surface area contributed by atoms with Gasteiger partial charge < -0.3 is 9.67 Å². The third kappa shape index (κ3) is 3.88. The number of nitrogens with zero attached hydrogens (tertiary/aromatic N) is 1. The molecule has 5 nitrogen and oxygen atoms in total. The van der Waals surface area contributed by atoms with E-state index in [0.29, 0.717) is 12.8 Å². The highest BCUT2D eigenvalue weighted by atomic mass is 32.2. The lowest BCUT2D eigenvalue weighted by Crippen LogP contribution is -2.40. The molecule has 2 atom stereocenters. The third-order valence-corrected chi connectivity index (χ3v) is 6.38. The van der Waals surface area contributed by atoms with Crippen molar-refractivity contribution in [1.29, 1.82) is 0 Å². The van der Waals surface area contributed by atoms with Crippen molar-refractivity contribution < 1.29 is 26.7 Å². The van der Waals surface area contributed by atoms with E-state index in [1.165, 1.54) is 10.6 Å². The van der Waals surface area contributed by atoms with Gasteiger partial charge in [-0.25, -0.2) is 8.42 Å². The van der Waals surface area contributed by atoms with E-state index in [2.05, 4.69) is 4.72 Å². The minimum absolute atomic E-state index is 0.172. The molecule has 0 radical (unpaired) electrons. The Kier molecular flexibility index (Phi) is 5.03. The van der Waals surface area contributed by atoms with Crippen LogP contribution >= 0.6 is 0 Å². The SMILES string of the molecule is O=S(=O)(Nc1cc(C(F)(F)F)ccc1-n1cccc1)C1CCCCC1O. The van der Waals surface area contributed by atoms with Gasteiger partial charge >= 0.3 is 6.18 Å². The van der Waals surface area contributed by atoms with Crippen molar-refractivity contribution in [3.63, 3.8) is 0 Å². The van der Waals surface area contributed by atoms with E-state index >= 15 is 0 Å². The summed E-state index contributed by atoms with van der Waals surface area (Å²) in [7, 11) is -4.04. The molecular weight excluding hydrogens is 369 g/mol. The second-order valence-corrected chi connectivity index (χ2v) is 8.26. The van der Waals surface area contributed by atoms with Gasteiger partial charge in [-0.3, -0.25) is 4.72 Å². The number of sulfonamides is 1. The molecule has 1 aliphatic rings. The number of hydrogen-bond donors (Lipinski definition) is 2. The maximum absolute atomic E-state index is 13.1. The van der Waals surface area contributed by atoms with Crippen molar-refractivity contribution >= 4 is 15.7 Å². The zero-order chi connectivity index (χ0) is 18.9. The van der Waals surface area contributed by atoms with Gasteiger partial charge in [0.05, 0.1) is 23.0 Å². The molecule has 0 aliphatic heterocycles. The molecule has 1 fully saturated rings. The number of hydrogen-bond acceptors (Lipinski definition) is 3. The number of aliphatic hydroxyl groups excluding tert-OH is 1. The molecule has 1 saturated carbocycles. The standard InChI is InChI=1S/C17H19F3N2O3S/c18-17(19,20)12-7-8-14(22-9-3-4-10-22)13(11-12)21-26(24,25)16-6-2-1-5-15(16)23/h3-4,7-11,15-16,21,23H,1-2,5-6H2. The predicted octanol–water partition coefficient (Wildman–Crippen LogP) is 3.54. The molecule has 0 saturated heterocycles. The topological polar surface area (TPSA) is 71.3 Å². The molecule has 1 aromatic carbocycles. The smallest absolute Gasteiger partial charge is 0.392 e. The Bertz CT molecular complexity index is 864. The highest BCUT2D eigenvalue weighted by Crippen LogP contribution is 2.35. The van der Waals surface area contributed by atoms with Crippen LogP contribution in [0.2, 0.25) is 0 Å². The van der Waals surface area contributed by atoms with E-state index in [9.17, 15) is 26.7 Å². The van der Waals surface area contributed by atoms with Crippen LogP contribution in [-0.4, -0.2) is 29.4 Å². The molecule has 142 valence electrons. The van der Waals surface area contributed by atoms with Crippen molar-refractivity contribution in [3.05, 3.63) is 48.3 Å². The van der Waals surface area contributed by atoms with E-state index in [1.54, 1.807) is 24.5 Å². The lowest BCUT2D eigenvalue weighted by molar-refractivity contribution is -0.137. The quantitative estimate of drug-likeness (QED) is 0.842. The molecule has 2 N–H and O–H groups in total. The average Bonchev–Trinajstić information content (AvgIpc) is 3.08. The monoisotopic (exact) mass is 388 g/mol. The Morgan fingerprint density at radius 1 is 1.12 bits per heavy atom. The normalized spacial score (nSPS) is 21.5. The van der Waals surface area contributed by atoms with Crippen LogP contribution in [0, 0.1) is 0 Å². The number of aliphatic hydroxyl groups is 1. The number of benzene rings is 1. The number of rotatable bonds is 4. The van der Waals surface area contributed by atoms with Crippen LogP contribution in [0.15, 0.2) is 42.7 Å². The molecule has 2 aromatic rings. The summed E-state index contributed by atoms with van der Waals surface area (Å²) in [6.07, 6.45) is -0.401. The maximum atomic E-state index is 13.1. The van der Waals surface area contributed by atoms with Gasteiger partial charge in [-0.2, -0.15) is 13.2 Å². The highest BCUT2D eigenvalue weighted by Gasteiger charge is 2.36. The fourth-order valence-corrected chi connectivity index (χ4v) is 4.83. The molecule has 2 unspecified atom stereocenters. The molecule has 0 amide bonds. The summed E-state index contributed by atoms with van der Waals surface area (Å²) in [5, 5.41) is 8.98. The van der Waals surface area contributed by atoms with Gasteiger partial charge in [0.15, 0.2) is 0 Å². The van der Waals surface area contributed by atoms with E-state index in [4.69, 9.17) is 0 Å². The van der Waals surface area contributed by atoms with Crippen molar-refractivity contribution in [2.75, 3.05) is 4.72 Å². The number of halogens is 3. The van der Waals surface area contributed by atoms with Crippen LogP contribution in [0.4, 0.5) is 18.9 Å². The van der Waals surface area contributed by atoms with E-state index in [1.807, 2.05) is 0 Å². The zero-order valence-electron chi connectivity index (χ0n) is 13.8. The van der Waals surface area contributed by atoms with Gasteiger partial charge in [-0.15, -0.1) is 0 Å². The minimum atomic E-state index is -4.60. The summed E-state index contributed by atoms with van der Waals surface area (Å²) in [5.74, 6) is 0. The summed E-state index contributed by atoms with van der Waals surface area (Å²) in [6.45, 7) is 0.